The molecule has 0 spiro atoms. The van der Waals surface area contributed by atoms with Crippen molar-refractivity contribution >= 4 is 59.4 Å². The van der Waals surface area contributed by atoms with E-state index in [-0.39, 0.29) is 17.3 Å². The van der Waals surface area contributed by atoms with Crippen molar-refractivity contribution in [1.82, 2.24) is 10.2 Å². The van der Waals surface area contributed by atoms with Crippen LogP contribution >= 0.6 is 31.9 Å². The number of hydrogen-bond donors (Lipinski definition) is 1. The molecule has 0 aliphatic carbocycles. The van der Waals surface area contributed by atoms with Crippen LogP contribution in [0, 0.1) is 0 Å². The van der Waals surface area contributed by atoms with Crippen LogP contribution in [-0.2, 0) is 26.2 Å². The van der Waals surface area contributed by atoms with Crippen LogP contribution in [-0.4, -0.2) is 43.3 Å². The highest BCUT2D eigenvalue weighted by molar-refractivity contribution is 9.10. The molecule has 202 valence electrons. The molecule has 3 aromatic carbocycles. The third-order valence-electron chi connectivity index (χ3n) is 5.61. The smallest absolute Gasteiger partial charge is 0.264 e. The summed E-state index contributed by atoms with van der Waals surface area (Å²) in [6.07, 6.45) is 0. The lowest BCUT2D eigenvalue weighted by Crippen LogP contribution is -2.54. The molecule has 7 nitrogen and oxygen atoms in total. The molecule has 0 saturated heterocycles. The first-order valence-electron chi connectivity index (χ1n) is 12.0. The second-order valence-electron chi connectivity index (χ2n) is 9.87. The van der Waals surface area contributed by atoms with Crippen LogP contribution in [0.4, 0.5) is 5.69 Å². The van der Waals surface area contributed by atoms with E-state index in [1.807, 2.05) is 45.0 Å². The Morgan fingerprint density at radius 2 is 1.50 bits per heavy atom. The van der Waals surface area contributed by atoms with Crippen LogP contribution in [0.5, 0.6) is 0 Å². The molecule has 0 unspecified atom stereocenters. The molecular formula is C28H31Br2N3O4S. The fourth-order valence-electron chi connectivity index (χ4n) is 3.77. The minimum Gasteiger partial charge on any atom is -0.350 e. The number of amides is 2. The van der Waals surface area contributed by atoms with Crippen LogP contribution in [0.2, 0.25) is 0 Å². The molecule has 3 aromatic rings. The number of carbonyl (C=O) groups excluding carboxylic acids is 2. The van der Waals surface area contributed by atoms with Gasteiger partial charge >= 0.3 is 0 Å². The maximum atomic E-state index is 13.9. The van der Waals surface area contributed by atoms with E-state index in [2.05, 4.69) is 37.2 Å². The quantitative estimate of drug-likeness (QED) is 0.316. The molecule has 0 bridgehead atoms. The summed E-state index contributed by atoms with van der Waals surface area (Å²) in [6.45, 7) is 6.86. The Labute approximate surface area is 241 Å². The number of rotatable bonds is 9. The number of nitrogens with one attached hydrogen (secondary N) is 1. The highest BCUT2D eigenvalue weighted by Gasteiger charge is 2.33. The highest BCUT2D eigenvalue weighted by Crippen LogP contribution is 2.27. The van der Waals surface area contributed by atoms with E-state index in [0.29, 0.717) is 10.2 Å². The Bertz CT molecular complexity index is 1390. The fraction of sp³-hybridized carbons (Fsp3) is 0.286. The van der Waals surface area contributed by atoms with Gasteiger partial charge in [0, 0.05) is 21.0 Å². The Balaban J connectivity index is 2.03. The van der Waals surface area contributed by atoms with Crippen molar-refractivity contribution in [1.29, 1.82) is 0 Å². The van der Waals surface area contributed by atoms with E-state index in [1.165, 1.54) is 17.0 Å². The number of anilines is 1. The Hall–Kier alpha value is -2.69. The Kier molecular flexibility index (Phi) is 9.78. The van der Waals surface area contributed by atoms with Gasteiger partial charge in [0.1, 0.15) is 12.6 Å². The summed E-state index contributed by atoms with van der Waals surface area (Å²) in [5.74, 6) is -0.846. The number of nitrogens with zero attached hydrogens (tertiary/aromatic N) is 2. The third kappa shape index (κ3) is 7.91. The number of halogens is 2. The van der Waals surface area contributed by atoms with Crippen LogP contribution < -0.4 is 9.62 Å². The van der Waals surface area contributed by atoms with Crippen molar-refractivity contribution in [2.45, 2.75) is 50.7 Å². The molecule has 0 aromatic heterocycles. The molecule has 1 N–H and O–H groups in total. The molecule has 0 radical (unpaired) electrons. The van der Waals surface area contributed by atoms with E-state index in [9.17, 15) is 18.0 Å². The maximum Gasteiger partial charge on any atom is 0.264 e. The molecule has 10 heteroatoms. The summed E-state index contributed by atoms with van der Waals surface area (Å²) in [6, 6.07) is 21.3. The number of carbonyl (C=O) groups is 2. The summed E-state index contributed by atoms with van der Waals surface area (Å²) in [5, 5.41) is 2.92. The van der Waals surface area contributed by atoms with Crippen molar-refractivity contribution in [2.75, 3.05) is 10.8 Å². The predicted molar refractivity (Wildman–Crippen MR) is 157 cm³/mol. The van der Waals surface area contributed by atoms with Gasteiger partial charge in [-0.1, -0.05) is 68.3 Å². The van der Waals surface area contributed by atoms with Crippen molar-refractivity contribution in [2.24, 2.45) is 0 Å². The average Bonchev–Trinajstić information content (AvgIpc) is 2.84. The van der Waals surface area contributed by atoms with Crippen molar-refractivity contribution in [3.63, 3.8) is 0 Å². The fourth-order valence-corrected chi connectivity index (χ4v) is 6.03. The van der Waals surface area contributed by atoms with Crippen LogP contribution in [0.1, 0.15) is 33.3 Å². The number of benzene rings is 3. The first kappa shape index (κ1) is 29.9. The maximum absolute atomic E-state index is 13.9. The summed E-state index contributed by atoms with van der Waals surface area (Å²) < 4.78 is 30.1. The first-order valence-corrected chi connectivity index (χ1v) is 15.0. The second-order valence-corrected chi connectivity index (χ2v) is 13.6. The SMILES string of the molecule is C[C@@H](C(=O)NC(C)(C)C)N(Cc1cccc(Br)c1)C(=O)CN(c1cccc(Br)c1)S(=O)(=O)c1ccccc1. The van der Waals surface area contributed by atoms with Crippen LogP contribution in [0.25, 0.3) is 0 Å². The molecule has 0 saturated carbocycles. The summed E-state index contributed by atoms with van der Waals surface area (Å²) in [7, 11) is -4.10. The lowest BCUT2D eigenvalue weighted by Gasteiger charge is -2.33. The molecular weight excluding hydrogens is 634 g/mol. The van der Waals surface area contributed by atoms with Gasteiger partial charge in [-0.3, -0.25) is 13.9 Å². The standard InChI is InChI=1S/C28H31Br2N3O4S/c1-20(27(35)31-28(2,3)4)32(18-21-10-8-11-22(29)16-21)26(34)19-33(24-13-9-12-23(30)17-24)38(36,37)25-14-6-5-7-15-25/h5-17,20H,18-19H2,1-4H3,(H,31,35)/t20-/m0/s1. The van der Waals surface area contributed by atoms with Gasteiger partial charge < -0.3 is 10.2 Å². The normalized spacial score (nSPS) is 12.5. The molecule has 0 heterocycles. The van der Waals surface area contributed by atoms with Gasteiger partial charge in [0.25, 0.3) is 10.0 Å². The van der Waals surface area contributed by atoms with E-state index in [4.69, 9.17) is 0 Å². The lowest BCUT2D eigenvalue weighted by molar-refractivity contribution is -0.140. The summed E-state index contributed by atoms with van der Waals surface area (Å²) in [4.78, 5) is 28.5. The average molecular weight is 665 g/mol. The Morgan fingerprint density at radius 3 is 2.08 bits per heavy atom. The minimum atomic E-state index is -4.10. The second kappa shape index (κ2) is 12.4. The van der Waals surface area contributed by atoms with E-state index in [1.54, 1.807) is 49.4 Å². The molecule has 0 aliphatic rings. The zero-order chi connectivity index (χ0) is 28.1. The highest BCUT2D eigenvalue weighted by atomic mass is 79.9. The van der Waals surface area contributed by atoms with E-state index in [0.717, 1.165) is 14.3 Å². The monoisotopic (exact) mass is 663 g/mol. The Morgan fingerprint density at radius 1 is 0.895 bits per heavy atom. The van der Waals surface area contributed by atoms with Gasteiger partial charge in [-0.25, -0.2) is 8.42 Å². The number of hydrogen-bond acceptors (Lipinski definition) is 4. The van der Waals surface area contributed by atoms with Gasteiger partial charge in [0.2, 0.25) is 11.8 Å². The number of sulfonamides is 1. The topological polar surface area (TPSA) is 86.8 Å². The molecule has 0 fully saturated rings. The van der Waals surface area contributed by atoms with Gasteiger partial charge in [0.15, 0.2) is 0 Å². The van der Waals surface area contributed by atoms with Crippen molar-refractivity contribution < 1.29 is 18.0 Å². The predicted octanol–water partition coefficient (Wildman–Crippen LogP) is 5.74. The van der Waals surface area contributed by atoms with Gasteiger partial charge in [-0.05, 0) is 75.7 Å². The molecule has 38 heavy (non-hydrogen) atoms. The molecule has 0 aliphatic heterocycles. The molecule has 3 rings (SSSR count). The van der Waals surface area contributed by atoms with Gasteiger partial charge in [-0.15, -0.1) is 0 Å². The minimum absolute atomic E-state index is 0.0600. The van der Waals surface area contributed by atoms with Gasteiger partial charge in [0.05, 0.1) is 10.6 Å². The first-order chi connectivity index (χ1) is 17.8. The van der Waals surface area contributed by atoms with Crippen LogP contribution in [0.3, 0.4) is 0 Å². The largest absolute Gasteiger partial charge is 0.350 e. The summed E-state index contributed by atoms with van der Waals surface area (Å²) in [5.41, 5.74) is 0.614. The zero-order valence-corrected chi connectivity index (χ0v) is 25.7. The summed E-state index contributed by atoms with van der Waals surface area (Å²) >= 11 is 6.85. The lowest BCUT2D eigenvalue weighted by atomic mass is 10.1. The zero-order valence-electron chi connectivity index (χ0n) is 21.7. The van der Waals surface area contributed by atoms with E-state index < -0.39 is 34.1 Å². The molecule has 1 atom stereocenters. The molecule has 2 amide bonds. The van der Waals surface area contributed by atoms with Crippen molar-refractivity contribution in [3.05, 3.63) is 93.4 Å². The van der Waals surface area contributed by atoms with Gasteiger partial charge in [-0.2, -0.15) is 0 Å². The van der Waals surface area contributed by atoms with Crippen LogP contribution in [0.15, 0.2) is 92.7 Å². The van der Waals surface area contributed by atoms with Crippen molar-refractivity contribution in [3.8, 4) is 0 Å². The third-order valence-corrected chi connectivity index (χ3v) is 8.39. The van der Waals surface area contributed by atoms with E-state index >= 15 is 0 Å².